The molecule has 192 valence electrons. The molecule has 36 heavy (non-hydrogen) atoms. The highest BCUT2D eigenvalue weighted by Gasteiger charge is 2.25. The van der Waals surface area contributed by atoms with Crippen molar-refractivity contribution in [2.75, 3.05) is 31.3 Å². The van der Waals surface area contributed by atoms with E-state index < -0.39 is 9.84 Å². The number of halogens is 3. The number of thioether (sulfide) groups is 1. The van der Waals surface area contributed by atoms with Crippen LogP contribution in [0.15, 0.2) is 64.4 Å². The van der Waals surface area contributed by atoms with Gasteiger partial charge >= 0.3 is 0 Å². The molecule has 0 radical (unpaired) electrons. The molecule has 3 rings (SSSR count). The third kappa shape index (κ3) is 7.46. The van der Waals surface area contributed by atoms with Crippen LogP contribution in [0.1, 0.15) is 11.1 Å². The monoisotopic (exact) mass is 586 g/mol. The van der Waals surface area contributed by atoms with E-state index in [1.54, 1.807) is 36.0 Å². The maximum Gasteiger partial charge on any atom is 0.239 e. The quantitative estimate of drug-likeness (QED) is 0.258. The molecule has 0 atom stereocenters. The molecule has 2 N–H and O–H groups in total. The minimum atomic E-state index is -3.90. The molecule has 0 aliphatic heterocycles. The van der Waals surface area contributed by atoms with Gasteiger partial charge in [0.05, 0.1) is 24.2 Å². The minimum Gasteiger partial charge on any atom is -0.493 e. The molecular weight excluding hydrogens is 563 g/mol. The van der Waals surface area contributed by atoms with E-state index in [1.807, 2.05) is 13.0 Å². The van der Waals surface area contributed by atoms with Crippen LogP contribution >= 0.6 is 46.6 Å². The van der Waals surface area contributed by atoms with Crippen molar-refractivity contribution >= 4 is 68.0 Å². The van der Waals surface area contributed by atoms with Crippen molar-refractivity contribution < 1.29 is 17.9 Å². The molecule has 1 amide bonds. The molecule has 0 aliphatic carbocycles. The highest BCUT2D eigenvalue weighted by molar-refractivity contribution is 7.98. The second-order valence-electron chi connectivity index (χ2n) is 7.79. The molecule has 0 aliphatic rings. The number of benzene rings is 3. The van der Waals surface area contributed by atoms with Crippen LogP contribution in [-0.2, 0) is 20.4 Å². The number of anilines is 1. The van der Waals surface area contributed by atoms with Gasteiger partial charge in [0.1, 0.15) is 4.90 Å². The zero-order chi connectivity index (χ0) is 26.3. The van der Waals surface area contributed by atoms with Crippen molar-refractivity contribution in [3.05, 3.63) is 80.8 Å². The number of methoxy groups -OCH3 is 1. The molecule has 6 nitrogen and oxygen atoms in total. The van der Waals surface area contributed by atoms with Crippen LogP contribution in [0.2, 0.25) is 15.1 Å². The second-order valence-corrected chi connectivity index (χ2v) is 12.1. The summed E-state index contributed by atoms with van der Waals surface area (Å²) >= 11 is 19.9. The first-order chi connectivity index (χ1) is 17.1. The molecule has 3 aromatic rings. The van der Waals surface area contributed by atoms with Gasteiger partial charge < -0.3 is 15.4 Å². The number of hydrogen-bond donors (Lipinski definition) is 2. The number of rotatable bonds is 11. The Labute approximate surface area is 230 Å². The van der Waals surface area contributed by atoms with Gasteiger partial charge in [0.2, 0.25) is 15.7 Å². The van der Waals surface area contributed by atoms with Crippen molar-refractivity contribution in [1.82, 2.24) is 5.32 Å². The number of carbonyl (C=O) groups is 1. The van der Waals surface area contributed by atoms with E-state index in [-0.39, 0.29) is 33.0 Å². The van der Waals surface area contributed by atoms with E-state index in [0.717, 1.165) is 11.1 Å². The third-order valence-electron chi connectivity index (χ3n) is 5.13. The second kappa shape index (κ2) is 12.9. The minimum absolute atomic E-state index is 0.0819. The number of carbonyl (C=O) groups excluding carboxylic acids is 1. The lowest BCUT2D eigenvalue weighted by molar-refractivity contribution is -0.119. The lowest BCUT2D eigenvalue weighted by atomic mass is 10.2. The number of hydrogen-bond acceptors (Lipinski definition) is 6. The summed E-state index contributed by atoms with van der Waals surface area (Å²) in [5, 5.41) is 7.15. The van der Waals surface area contributed by atoms with E-state index in [2.05, 4.69) is 10.6 Å². The zero-order valence-corrected chi connectivity index (χ0v) is 23.5. The molecule has 0 bridgehead atoms. The van der Waals surface area contributed by atoms with Crippen molar-refractivity contribution in [3.63, 3.8) is 0 Å². The zero-order valence-electron chi connectivity index (χ0n) is 19.6. The Morgan fingerprint density at radius 1 is 1.00 bits per heavy atom. The van der Waals surface area contributed by atoms with Gasteiger partial charge in [-0.25, -0.2) is 8.42 Å². The molecule has 0 saturated carbocycles. The van der Waals surface area contributed by atoms with Gasteiger partial charge in [-0.2, -0.15) is 11.8 Å². The molecule has 0 aromatic heterocycles. The maximum absolute atomic E-state index is 13.2. The predicted molar refractivity (Wildman–Crippen MR) is 149 cm³/mol. The van der Waals surface area contributed by atoms with E-state index in [0.29, 0.717) is 33.8 Å². The summed E-state index contributed by atoms with van der Waals surface area (Å²) in [5.74, 6) is 1.21. The molecule has 0 spiro atoms. The number of nitrogens with one attached hydrogen (secondary N) is 2. The Bertz CT molecular complexity index is 1330. The first kappa shape index (κ1) is 28.5. The average Bonchev–Trinajstić information content (AvgIpc) is 2.83. The SMILES string of the molecule is COc1c(NCC(=O)NCCSCc2ccc(Cl)cc2Cl)cc(Cl)cc1S(=O)(=O)c1ccc(C)cc1. The van der Waals surface area contributed by atoms with Crippen LogP contribution in [0.5, 0.6) is 5.75 Å². The predicted octanol–water partition coefficient (Wildman–Crippen LogP) is 6.26. The van der Waals surface area contributed by atoms with E-state index in [9.17, 15) is 13.2 Å². The molecule has 0 fully saturated rings. The molecule has 11 heteroatoms. The number of sulfone groups is 1. The molecule has 0 unspecified atom stereocenters. The van der Waals surface area contributed by atoms with Crippen LogP contribution in [-0.4, -0.2) is 40.3 Å². The van der Waals surface area contributed by atoms with Gasteiger partial charge in [-0.1, -0.05) is 58.6 Å². The maximum atomic E-state index is 13.2. The van der Waals surface area contributed by atoms with Gasteiger partial charge in [-0.3, -0.25) is 4.79 Å². The van der Waals surface area contributed by atoms with Gasteiger partial charge in [0.25, 0.3) is 0 Å². The molecule has 0 saturated heterocycles. The Kier molecular flexibility index (Phi) is 10.2. The van der Waals surface area contributed by atoms with Gasteiger partial charge in [-0.15, -0.1) is 0 Å². The van der Waals surface area contributed by atoms with E-state index in [1.165, 1.54) is 31.4 Å². The Morgan fingerprint density at radius 2 is 1.72 bits per heavy atom. The van der Waals surface area contributed by atoms with Crippen molar-refractivity contribution in [1.29, 1.82) is 0 Å². The molecule has 3 aromatic carbocycles. The number of amides is 1. The van der Waals surface area contributed by atoms with Crippen molar-refractivity contribution in [2.45, 2.75) is 22.5 Å². The summed E-state index contributed by atoms with van der Waals surface area (Å²) in [5.41, 5.74) is 2.22. The lowest BCUT2D eigenvalue weighted by Gasteiger charge is -2.16. The fourth-order valence-electron chi connectivity index (χ4n) is 3.28. The summed E-state index contributed by atoms with van der Waals surface area (Å²) in [6, 6.07) is 14.7. The molecular formula is C25H25Cl3N2O4S2. The van der Waals surface area contributed by atoms with E-state index >= 15 is 0 Å². The fourth-order valence-corrected chi connectivity index (χ4v) is 6.44. The summed E-state index contributed by atoms with van der Waals surface area (Å²) in [7, 11) is -2.53. The van der Waals surface area contributed by atoms with E-state index in [4.69, 9.17) is 39.5 Å². The van der Waals surface area contributed by atoms with Gasteiger partial charge in [0, 0.05) is 33.1 Å². The number of aryl methyl sites for hydroxylation is 1. The van der Waals surface area contributed by atoms with Gasteiger partial charge in [0.15, 0.2) is 5.75 Å². The third-order valence-corrected chi connectivity index (χ3v) is 8.71. The average molecular weight is 588 g/mol. The first-order valence-corrected chi connectivity index (χ1v) is 14.6. The summed E-state index contributed by atoms with van der Waals surface area (Å²) in [6.07, 6.45) is 0. The smallest absolute Gasteiger partial charge is 0.239 e. The van der Waals surface area contributed by atoms with Gasteiger partial charge in [-0.05, 0) is 48.9 Å². The van der Waals surface area contributed by atoms with Crippen LogP contribution in [0, 0.1) is 6.92 Å². The highest BCUT2D eigenvalue weighted by Crippen LogP contribution is 2.38. The van der Waals surface area contributed by atoms with Crippen molar-refractivity contribution in [3.8, 4) is 5.75 Å². The normalized spacial score (nSPS) is 11.2. The van der Waals surface area contributed by atoms with Crippen LogP contribution in [0.4, 0.5) is 5.69 Å². The standard InChI is InChI=1S/C25H25Cl3N2O4S2/c1-16-3-7-20(8-4-16)36(32,33)23-13-19(27)12-22(25(23)34-2)30-14-24(31)29-9-10-35-15-17-5-6-18(26)11-21(17)28/h3-8,11-13,30H,9-10,14-15H2,1-2H3,(H,29,31). The summed E-state index contributed by atoms with van der Waals surface area (Å²) in [4.78, 5) is 12.4. The molecule has 0 heterocycles. The number of ether oxygens (including phenoxy) is 1. The van der Waals surface area contributed by atoms with Crippen LogP contribution in [0.3, 0.4) is 0 Å². The summed E-state index contributed by atoms with van der Waals surface area (Å²) in [6.45, 7) is 2.24. The van der Waals surface area contributed by atoms with Crippen molar-refractivity contribution in [2.24, 2.45) is 0 Å². The Morgan fingerprint density at radius 3 is 2.39 bits per heavy atom. The largest absolute Gasteiger partial charge is 0.493 e. The summed E-state index contributed by atoms with van der Waals surface area (Å²) < 4.78 is 31.9. The Balaban J connectivity index is 1.59. The highest BCUT2D eigenvalue weighted by atomic mass is 35.5. The Hall–Kier alpha value is -2.10. The first-order valence-electron chi connectivity index (χ1n) is 10.8. The van der Waals surface area contributed by atoms with Crippen LogP contribution < -0.4 is 15.4 Å². The van der Waals surface area contributed by atoms with Crippen LogP contribution in [0.25, 0.3) is 0 Å². The topological polar surface area (TPSA) is 84.5 Å². The lowest BCUT2D eigenvalue weighted by Crippen LogP contribution is -2.31. The fraction of sp³-hybridized carbons (Fsp3) is 0.240.